The lowest BCUT2D eigenvalue weighted by molar-refractivity contribution is -0.233. The monoisotopic (exact) mass is 389 g/mol. The maximum atomic E-state index is 12.2. The fourth-order valence-corrected chi connectivity index (χ4v) is 3.44. The number of fused-ring (bicyclic) bond motifs is 1. The summed E-state index contributed by atoms with van der Waals surface area (Å²) in [4.78, 5) is 23.4. The number of carbonyl (C=O) groups excluding carboxylic acids is 1. The Morgan fingerprint density at radius 1 is 1.29 bits per heavy atom. The molecular formula is C19H24BNO7. The number of amides is 1. The maximum Gasteiger partial charge on any atom is 0.360 e. The molecule has 1 aliphatic heterocycles. The van der Waals surface area contributed by atoms with Crippen LogP contribution in [0.1, 0.15) is 26.7 Å². The Morgan fingerprint density at radius 2 is 2.04 bits per heavy atom. The Morgan fingerprint density at radius 3 is 2.64 bits per heavy atom. The number of methoxy groups -OCH3 is 2. The molecule has 1 N–H and O–H groups in total. The molecule has 2 atom stereocenters. The summed E-state index contributed by atoms with van der Waals surface area (Å²) in [6, 6.07) is 4.99. The smallest absolute Gasteiger partial charge is 0.360 e. The van der Waals surface area contributed by atoms with Gasteiger partial charge in [-0.1, -0.05) is 0 Å². The van der Waals surface area contributed by atoms with Crippen molar-refractivity contribution in [2.24, 2.45) is 0 Å². The summed E-state index contributed by atoms with van der Waals surface area (Å²) in [5.41, 5.74) is -0.861. The molecule has 2 heterocycles. The molecule has 28 heavy (non-hydrogen) atoms. The molecule has 0 unspecified atom stereocenters. The van der Waals surface area contributed by atoms with Crippen LogP contribution in [0.3, 0.4) is 0 Å². The summed E-state index contributed by atoms with van der Waals surface area (Å²) in [6.07, 6.45) is 0.933. The highest BCUT2D eigenvalue weighted by molar-refractivity contribution is 6.60. The Balaban J connectivity index is 1.92. The molecule has 0 radical (unpaired) electrons. The molecule has 1 fully saturated rings. The summed E-state index contributed by atoms with van der Waals surface area (Å²) >= 11 is 0. The number of carbonyl (C=O) groups is 1. The van der Waals surface area contributed by atoms with Gasteiger partial charge in [-0.25, -0.2) is 4.79 Å². The Kier molecular flexibility index (Phi) is 5.67. The van der Waals surface area contributed by atoms with E-state index in [4.69, 9.17) is 23.4 Å². The molecule has 0 saturated carbocycles. The Bertz CT molecular complexity index is 940. The third kappa shape index (κ3) is 4.00. The molecule has 1 aliphatic rings. The van der Waals surface area contributed by atoms with Gasteiger partial charge in [-0.15, -0.1) is 0 Å². The van der Waals surface area contributed by atoms with Crippen LogP contribution in [0.15, 0.2) is 27.4 Å². The lowest BCUT2D eigenvalue weighted by Crippen LogP contribution is -2.49. The highest BCUT2D eigenvalue weighted by Crippen LogP contribution is 2.38. The van der Waals surface area contributed by atoms with Crippen molar-refractivity contribution in [2.75, 3.05) is 19.5 Å². The fourth-order valence-electron chi connectivity index (χ4n) is 3.44. The number of anilines is 1. The van der Waals surface area contributed by atoms with Crippen molar-refractivity contribution in [3.63, 3.8) is 0 Å². The molecule has 0 aliphatic carbocycles. The van der Waals surface area contributed by atoms with E-state index in [1.54, 1.807) is 19.2 Å². The van der Waals surface area contributed by atoms with Crippen molar-refractivity contribution in [2.45, 2.75) is 44.7 Å². The summed E-state index contributed by atoms with van der Waals surface area (Å²) in [7, 11) is 4.46. The molecule has 1 aromatic carbocycles. The first-order valence-electron chi connectivity index (χ1n) is 9.05. The molecule has 0 bridgehead atoms. The Labute approximate surface area is 163 Å². The molecule has 1 amide bonds. The minimum atomic E-state index is -0.670. The lowest BCUT2D eigenvalue weighted by atomic mass is 9.94. The number of ether oxygens (including phenoxy) is 4. The second-order valence-electron chi connectivity index (χ2n) is 7.21. The van der Waals surface area contributed by atoms with E-state index in [1.165, 1.54) is 21.0 Å². The lowest BCUT2D eigenvalue weighted by Gasteiger charge is -2.41. The highest BCUT2D eigenvalue weighted by atomic mass is 16.7. The SMILES string of the molecule is BC(=O)Nc1cc2ccc(O[C@H]3CC[C@@H](OC)C(C)(C)O3)c(OC)c2oc1=O. The van der Waals surface area contributed by atoms with Crippen LogP contribution in [0.25, 0.3) is 11.0 Å². The van der Waals surface area contributed by atoms with Gasteiger partial charge in [0.15, 0.2) is 17.1 Å². The number of nitrogens with one attached hydrogen (secondary N) is 1. The van der Waals surface area contributed by atoms with Gasteiger partial charge in [-0.05, 0) is 38.5 Å². The average molecular weight is 389 g/mol. The van der Waals surface area contributed by atoms with Gasteiger partial charge >= 0.3 is 5.63 Å². The third-order valence-corrected chi connectivity index (χ3v) is 4.75. The first-order chi connectivity index (χ1) is 13.2. The van der Waals surface area contributed by atoms with E-state index in [-0.39, 0.29) is 23.2 Å². The van der Waals surface area contributed by atoms with Crippen LogP contribution < -0.4 is 20.4 Å². The predicted octanol–water partition coefficient (Wildman–Crippen LogP) is 2.28. The topological polar surface area (TPSA) is 96.2 Å². The minimum Gasteiger partial charge on any atom is -0.490 e. The normalized spacial score (nSPS) is 21.3. The van der Waals surface area contributed by atoms with Crippen LogP contribution in [-0.2, 0) is 9.47 Å². The highest BCUT2D eigenvalue weighted by Gasteiger charge is 2.39. The molecule has 3 rings (SSSR count). The molecule has 1 saturated heterocycles. The van der Waals surface area contributed by atoms with Crippen LogP contribution in [-0.4, -0.2) is 45.9 Å². The number of hydrogen-bond donors (Lipinski definition) is 1. The second-order valence-corrected chi connectivity index (χ2v) is 7.21. The zero-order valence-electron chi connectivity index (χ0n) is 16.7. The Hall–Kier alpha value is -2.52. The zero-order valence-corrected chi connectivity index (χ0v) is 16.7. The molecule has 8 nitrogen and oxygen atoms in total. The van der Waals surface area contributed by atoms with Gasteiger partial charge in [-0.3, -0.25) is 4.79 Å². The largest absolute Gasteiger partial charge is 0.490 e. The van der Waals surface area contributed by atoms with Crippen molar-refractivity contribution in [1.82, 2.24) is 0 Å². The fraction of sp³-hybridized carbons (Fsp3) is 0.474. The van der Waals surface area contributed by atoms with Crippen molar-refractivity contribution < 1.29 is 28.2 Å². The van der Waals surface area contributed by atoms with Crippen LogP contribution in [0, 0.1) is 0 Å². The maximum absolute atomic E-state index is 12.2. The predicted molar refractivity (Wildman–Crippen MR) is 106 cm³/mol. The number of benzene rings is 1. The van der Waals surface area contributed by atoms with Crippen LogP contribution >= 0.6 is 0 Å². The van der Waals surface area contributed by atoms with E-state index in [0.717, 1.165) is 6.42 Å². The van der Waals surface area contributed by atoms with E-state index >= 15 is 0 Å². The minimum absolute atomic E-state index is 0.0175. The van der Waals surface area contributed by atoms with E-state index in [2.05, 4.69) is 5.32 Å². The summed E-state index contributed by atoms with van der Waals surface area (Å²) in [5.74, 6) is 0.339. The van der Waals surface area contributed by atoms with Crippen molar-refractivity contribution in [1.29, 1.82) is 0 Å². The van der Waals surface area contributed by atoms with Crippen molar-refractivity contribution in [3.8, 4) is 11.5 Å². The van der Waals surface area contributed by atoms with E-state index < -0.39 is 17.5 Å². The van der Waals surface area contributed by atoms with Gasteiger partial charge in [-0.2, -0.15) is 0 Å². The van der Waals surface area contributed by atoms with Gasteiger partial charge in [0.1, 0.15) is 5.69 Å². The van der Waals surface area contributed by atoms with E-state index in [0.29, 0.717) is 23.3 Å². The van der Waals surface area contributed by atoms with Gasteiger partial charge < -0.3 is 28.7 Å². The molecular weight excluding hydrogens is 365 g/mol. The molecule has 0 spiro atoms. The standard InChI is InChI=1S/C19H24BNO7/c1-19(2)13(24-3)7-8-14(28-19)26-12-6-5-10-9-11(21-18(20)23)17(22)27-15(10)16(12)25-4/h5-6,9,13-14H,7-8,20H2,1-4H3,(H,21,23)/t13-,14-/m1/s1. The summed E-state index contributed by atoms with van der Waals surface area (Å²) < 4.78 is 28.4. The van der Waals surface area contributed by atoms with Crippen LogP contribution in [0.2, 0.25) is 0 Å². The molecule has 150 valence electrons. The van der Waals surface area contributed by atoms with Crippen molar-refractivity contribution >= 4 is 30.3 Å². The van der Waals surface area contributed by atoms with Crippen LogP contribution in [0.4, 0.5) is 10.5 Å². The molecule has 9 heteroatoms. The summed E-state index contributed by atoms with van der Waals surface area (Å²) in [5, 5.41) is 3.05. The number of hydrogen-bond acceptors (Lipinski definition) is 7. The first kappa shape index (κ1) is 20.2. The summed E-state index contributed by atoms with van der Waals surface area (Å²) in [6.45, 7) is 3.91. The van der Waals surface area contributed by atoms with Crippen LogP contribution in [0.5, 0.6) is 11.5 Å². The quantitative estimate of drug-likeness (QED) is 0.619. The van der Waals surface area contributed by atoms with Crippen molar-refractivity contribution in [3.05, 3.63) is 28.6 Å². The van der Waals surface area contributed by atoms with Gasteiger partial charge in [0.25, 0.3) is 0 Å². The molecule has 2 aromatic rings. The molecule has 1 aromatic heterocycles. The number of rotatable bonds is 5. The first-order valence-corrected chi connectivity index (χ1v) is 9.05. The third-order valence-electron chi connectivity index (χ3n) is 4.75. The zero-order chi connectivity index (χ0) is 20.5. The van der Waals surface area contributed by atoms with Gasteiger partial charge in [0.2, 0.25) is 19.9 Å². The van der Waals surface area contributed by atoms with Gasteiger partial charge in [0, 0.05) is 18.9 Å². The van der Waals surface area contributed by atoms with Gasteiger partial charge in [0.05, 0.1) is 18.8 Å². The van der Waals surface area contributed by atoms with E-state index in [1.807, 2.05) is 13.8 Å². The second kappa shape index (κ2) is 7.85. The average Bonchev–Trinajstić information content (AvgIpc) is 2.61. The van der Waals surface area contributed by atoms with E-state index in [9.17, 15) is 9.59 Å².